The summed E-state index contributed by atoms with van der Waals surface area (Å²) in [5.74, 6) is 0.682. The summed E-state index contributed by atoms with van der Waals surface area (Å²) < 4.78 is 11.9. The molecule has 2 aliphatic heterocycles. The number of hydrogen-bond donors (Lipinski definition) is 2. The highest BCUT2D eigenvalue weighted by molar-refractivity contribution is 14.0. The van der Waals surface area contributed by atoms with Gasteiger partial charge < -0.3 is 25.0 Å². The van der Waals surface area contributed by atoms with Crippen molar-refractivity contribution in [1.29, 1.82) is 0 Å². The number of guanidine groups is 1. The van der Waals surface area contributed by atoms with Crippen LogP contribution in [0.1, 0.15) is 39.0 Å². The zero-order valence-corrected chi connectivity index (χ0v) is 20.2. The molecule has 2 N–H and O–H groups in total. The molecule has 0 bridgehead atoms. The molecule has 1 unspecified atom stereocenters. The molecule has 168 valence electrons. The summed E-state index contributed by atoms with van der Waals surface area (Å²) in [6.45, 7) is 6.25. The quantitative estimate of drug-likeness (QED) is 0.322. The van der Waals surface area contributed by atoms with Gasteiger partial charge in [0.15, 0.2) is 5.96 Å². The van der Waals surface area contributed by atoms with Crippen molar-refractivity contribution in [3.63, 3.8) is 0 Å². The Balaban J connectivity index is 0.00000320. The van der Waals surface area contributed by atoms with Crippen LogP contribution in [0.5, 0.6) is 0 Å². The Morgan fingerprint density at radius 3 is 2.63 bits per heavy atom. The Labute approximate surface area is 197 Å². The molecule has 2 saturated heterocycles. The lowest BCUT2D eigenvalue weighted by atomic mass is 10.1. The van der Waals surface area contributed by atoms with E-state index in [2.05, 4.69) is 20.5 Å². The van der Waals surface area contributed by atoms with Crippen LogP contribution in [0.3, 0.4) is 0 Å². The molecule has 3 rings (SSSR count). The van der Waals surface area contributed by atoms with Gasteiger partial charge >= 0.3 is 0 Å². The fourth-order valence-corrected chi connectivity index (χ4v) is 3.71. The third-order valence-electron chi connectivity index (χ3n) is 5.30. The second-order valence-corrected chi connectivity index (χ2v) is 7.59. The molecule has 0 aliphatic carbocycles. The van der Waals surface area contributed by atoms with E-state index < -0.39 is 0 Å². The third-order valence-corrected chi connectivity index (χ3v) is 5.30. The average Bonchev–Trinajstić information content (AvgIpc) is 2.77. The molecule has 1 atom stereocenters. The molecule has 1 aromatic rings. The zero-order chi connectivity index (χ0) is 20.3. The standard InChI is InChI=1S/C22H34N4O3.HI/c1-2-23-22(24-16-21(27)25-18-8-4-3-5-9-18)26-13-11-19(12-14-26)29-17-20-10-6-7-15-28-20;/h3-5,8-9,19-20H,2,6-7,10-17H2,1H3,(H,23,24)(H,25,27);1H. The Morgan fingerprint density at radius 2 is 1.97 bits per heavy atom. The lowest BCUT2D eigenvalue weighted by molar-refractivity contribution is -0.114. The predicted molar refractivity (Wildman–Crippen MR) is 131 cm³/mol. The van der Waals surface area contributed by atoms with Crippen LogP contribution in [-0.2, 0) is 14.3 Å². The molecule has 1 amide bonds. The maximum atomic E-state index is 12.2. The van der Waals surface area contributed by atoms with Crippen LogP contribution < -0.4 is 10.6 Å². The van der Waals surface area contributed by atoms with E-state index in [1.807, 2.05) is 37.3 Å². The lowest BCUT2D eigenvalue weighted by Gasteiger charge is -2.35. The number of anilines is 1. The monoisotopic (exact) mass is 530 g/mol. The van der Waals surface area contributed by atoms with Gasteiger partial charge in [-0.3, -0.25) is 4.79 Å². The number of piperidine rings is 1. The van der Waals surface area contributed by atoms with Crippen molar-refractivity contribution in [1.82, 2.24) is 10.2 Å². The first-order chi connectivity index (χ1) is 14.2. The van der Waals surface area contributed by atoms with Gasteiger partial charge in [0.05, 0.1) is 18.8 Å². The van der Waals surface area contributed by atoms with Crippen molar-refractivity contribution in [2.24, 2.45) is 4.99 Å². The fraction of sp³-hybridized carbons (Fsp3) is 0.636. The van der Waals surface area contributed by atoms with Crippen LogP contribution in [0, 0.1) is 0 Å². The van der Waals surface area contributed by atoms with Gasteiger partial charge in [-0.25, -0.2) is 4.99 Å². The second kappa shape index (κ2) is 13.8. The Bertz CT molecular complexity index is 645. The molecule has 8 heteroatoms. The number of nitrogens with one attached hydrogen (secondary N) is 2. The van der Waals surface area contributed by atoms with Gasteiger partial charge in [-0.05, 0) is 51.2 Å². The maximum absolute atomic E-state index is 12.2. The summed E-state index contributed by atoms with van der Waals surface area (Å²) in [4.78, 5) is 18.9. The lowest BCUT2D eigenvalue weighted by Crippen LogP contribution is -2.47. The largest absolute Gasteiger partial charge is 0.376 e. The van der Waals surface area contributed by atoms with E-state index in [-0.39, 0.29) is 48.6 Å². The molecule has 30 heavy (non-hydrogen) atoms. The van der Waals surface area contributed by atoms with Crippen LogP contribution in [0.4, 0.5) is 5.69 Å². The summed E-state index contributed by atoms with van der Waals surface area (Å²) in [5, 5.41) is 6.18. The number of amides is 1. The summed E-state index contributed by atoms with van der Waals surface area (Å²) in [7, 11) is 0. The normalized spacial score (nSPS) is 20.4. The van der Waals surface area contributed by atoms with E-state index in [1.54, 1.807) is 0 Å². The van der Waals surface area contributed by atoms with E-state index in [0.29, 0.717) is 6.61 Å². The number of ether oxygens (including phenoxy) is 2. The van der Waals surface area contributed by atoms with Crippen LogP contribution in [0.25, 0.3) is 0 Å². The first-order valence-electron chi connectivity index (χ1n) is 10.9. The van der Waals surface area contributed by atoms with Crippen LogP contribution in [-0.4, -0.2) is 68.4 Å². The van der Waals surface area contributed by atoms with Gasteiger partial charge in [-0.1, -0.05) is 18.2 Å². The number of aliphatic imine (C=N–C) groups is 1. The number of likely N-dealkylation sites (tertiary alicyclic amines) is 1. The number of hydrogen-bond acceptors (Lipinski definition) is 4. The number of para-hydroxylation sites is 1. The summed E-state index contributed by atoms with van der Waals surface area (Å²) >= 11 is 0. The first-order valence-corrected chi connectivity index (χ1v) is 10.9. The Morgan fingerprint density at radius 1 is 1.20 bits per heavy atom. The van der Waals surface area contributed by atoms with Gasteiger partial charge in [0, 0.05) is 31.9 Å². The van der Waals surface area contributed by atoms with Crippen molar-refractivity contribution in [2.45, 2.75) is 51.2 Å². The van der Waals surface area contributed by atoms with E-state index in [1.165, 1.54) is 12.8 Å². The molecule has 1 aromatic carbocycles. The van der Waals surface area contributed by atoms with Crippen LogP contribution in [0.2, 0.25) is 0 Å². The molecule has 0 aromatic heterocycles. The number of rotatable bonds is 7. The SMILES string of the molecule is CCNC(=NCC(=O)Nc1ccccc1)N1CCC(OCC2CCCCO2)CC1.I. The fourth-order valence-electron chi connectivity index (χ4n) is 3.71. The molecule has 2 fully saturated rings. The number of carbonyl (C=O) groups is 1. The molecule has 0 spiro atoms. The Kier molecular flexibility index (Phi) is 11.5. The first kappa shape index (κ1) is 24.9. The van der Waals surface area contributed by atoms with Gasteiger partial charge in [-0.15, -0.1) is 24.0 Å². The smallest absolute Gasteiger partial charge is 0.246 e. The highest BCUT2D eigenvalue weighted by Crippen LogP contribution is 2.18. The van der Waals surface area contributed by atoms with Crippen molar-refractivity contribution >= 4 is 41.5 Å². The van der Waals surface area contributed by atoms with Crippen molar-refractivity contribution in [3.05, 3.63) is 30.3 Å². The highest BCUT2D eigenvalue weighted by Gasteiger charge is 2.24. The van der Waals surface area contributed by atoms with Gasteiger partial charge in [0.2, 0.25) is 5.91 Å². The number of nitrogens with zero attached hydrogens (tertiary/aromatic N) is 2. The number of halogens is 1. The molecule has 2 heterocycles. The summed E-state index contributed by atoms with van der Waals surface area (Å²) in [5.41, 5.74) is 0.789. The van der Waals surface area contributed by atoms with Crippen LogP contribution in [0.15, 0.2) is 35.3 Å². The minimum atomic E-state index is -0.114. The van der Waals surface area contributed by atoms with Crippen molar-refractivity contribution < 1.29 is 14.3 Å². The molecular formula is C22H35IN4O3. The molecule has 0 radical (unpaired) electrons. The molecule has 7 nitrogen and oxygen atoms in total. The minimum absolute atomic E-state index is 0. The molecular weight excluding hydrogens is 495 g/mol. The van der Waals surface area contributed by atoms with Gasteiger partial charge in [0.25, 0.3) is 0 Å². The van der Waals surface area contributed by atoms with E-state index in [9.17, 15) is 4.79 Å². The zero-order valence-electron chi connectivity index (χ0n) is 17.8. The van der Waals surface area contributed by atoms with Crippen LogP contribution >= 0.6 is 24.0 Å². The summed E-state index contributed by atoms with van der Waals surface area (Å²) in [6, 6.07) is 9.46. The maximum Gasteiger partial charge on any atom is 0.246 e. The van der Waals surface area contributed by atoms with Gasteiger partial charge in [0.1, 0.15) is 6.54 Å². The molecule has 0 saturated carbocycles. The average molecular weight is 530 g/mol. The topological polar surface area (TPSA) is 75.2 Å². The molecule has 2 aliphatic rings. The highest BCUT2D eigenvalue weighted by atomic mass is 127. The minimum Gasteiger partial charge on any atom is -0.376 e. The van der Waals surface area contributed by atoms with E-state index in [4.69, 9.17) is 9.47 Å². The van der Waals surface area contributed by atoms with Gasteiger partial charge in [-0.2, -0.15) is 0 Å². The van der Waals surface area contributed by atoms with E-state index >= 15 is 0 Å². The Hall–Kier alpha value is -1.39. The van der Waals surface area contributed by atoms with E-state index in [0.717, 1.165) is 57.2 Å². The summed E-state index contributed by atoms with van der Waals surface area (Å²) in [6.07, 6.45) is 6.00. The van der Waals surface area contributed by atoms with Crippen molar-refractivity contribution in [2.75, 3.05) is 44.7 Å². The predicted octanol–water partition coefficient (Wildman–Crippen LogP) is 3.26. The third kappa shape index (κ3) is 8.39. The second-order valence-electron chi connectivity index (χ2n) is 7.59. The number of benzene rings is 1. The van der Waals surface area contributed by atoms with Crippen molar-refractivity contribution in [3.8, 4) is 0 Å². The number of carbonyl (C=O) groups excluding carboxylic acids is 1.